The molecule has 0 bridgehead atoms. The zero-order valence-electron chi connectivity index (χ0n) is 16.7. The first-order valence-electron chi connectivity index (χ1n) is 9.92. The van der Waals surface area contributed by atoms with Gasteiger partial charge in [-0.1, -0.05) is 17.5 Å². The lowest BCUT2D eigenvalue weighted by molar-refractivity contribution is 0.242. The third-order valence-corrected chi connectivity index (χ3v) is 6.44. The van der Waals surface area contributed by atoms with Crippen molar-refractivity contribution in [3.8, 4) is 12.3 Å². The number of hydrogen-bond acceptors (Lipinski definition) is 7. The largest absolute Gasteiger partial charge is 0.396 e. The van der Waals surface area contributed by atoms with E-state index in [1.54, 1.807) is 23.5 Å². The highest BCUT2D eigenvalue weighted by atomic mass is 35.5. The van der Waals surface area contributed by atoms with Gasteiger partial charge in [0.1, 0.15) is 22.8 Å². The Labute approximate surface area is 188 Å². The maximum Gasteiger partial charge on any atom is 0.142 e. The minimum Gasteiger partial charge on any atom is -0.396 e. The maximum atomic E-state index is 13.5. The van der Waals surface area contributed by atoms with Crippen molar-refractivity contribution < 1.29 is 9.50 Å². The molecule has 0 spiro atoms. The van der Waals surface area contributed by atoms with Gasteiger partial charge in [-0.05, 0) is 43.0 Å². The Morgan fingerprint density at radius 2 is 2.23 bits per heavy atom. The monoisotopic (exact) mass is 457 g/mol. The predicted molar refractivity (Wildman–Crippen MR) is 124 cm³/mol. The summed E-state index contributed by atoms with van der Waals surface area (Å²) in [4.78, 5) is 11.0. The van der Waals surface area contributed by atoms with Crippen LogP contribution in [0.5, 0.6) is 0 Å². The summed E-state index contributed by atoms with van der Waals surface area (Å²) in [5.41, 5.74) is 2.95. The Balaban J connectivity index is 1.62. The Kier molecular flexibility index (Phi) is 6.66. The number of rotatable bonds is 7. The van der Waals surface area contributed by atoms with Crippen LogP contribution in [-0.2, 0) is 12.8 Å². The van der Waals surface area contributed by atoms with Crippen molar-refractivity contribution in [1.82, 2.24) is 15.0 Å². The lowest BCUT2D eigenvalue weighted by Crippen LogP contribution is -2.24. The van der Waals surface area contributed by atoms with E-state index < -0.39 is 5.82 Å². The van der Waals surface area contributed by atoms with Gasteiger partial charge < -0.3 is 10.4 Å². The summed E-state index contributed by atoms with van der Waals surface area (Å²) in [5, 5.41) is 20.0. The van der Waals surface area contributed by atoms with Crippen LogP contribution >= 0.6 is 22.9 Å². The number of halogens is 2. The Morgan fingerprint density at radius 3 is 3.00 bits per heavy atom. The average Bonchev–Trinajstić information content (AvgIpc) is 3.13. The zero-order valence-corrected chi connectivity index (χ0v) is 18.3. The van der Waals surface area contributed by atoms with Gasteiger partial charge in [0, 0.05) is 35.8 Å². The number of fused-ring (bicyclic) bond motifs is 3. The van der Waals surface area contributed by atoms with Crippen LogP contribution in [0.15, 0.2) is 29.6 Å². The first-order chi connectivity index (χ1) is 15.1. The van der Waals surface area contributed by atoms with Crippen LogP contribution in [-0.4, -0.2) is 45.5 Å². The van der Waals surface area contributed by atoms with Gasteiger partial charge in [0.2, 0.25) is 0 Å². The molecule has 0 radical (unpaired) electrons. The normalized spacial score (nSPS) is 14.5. The fraction of sp³-hybridized carbons (Fsp3) is 0.318. The molecule has 2 heterocycles. The van der Waals surface area contributed by atoms with Crippen LogP contribution in [0, 0.1) is 18.2 Å². The third kappa shape index (κ3) is 4.79. The molecule has 3 aromatic rings. The number of hydrogen-bond donors (Lipinski definition) is 2. The number of nitrogens with one attached hydrogen (secondary N) is 1. The van der Waals surface area contributed by atoms with E-state index in [4.69, 9.17) is 28.2 Å². The van der Waals surface area contributed by atoms with Crippen molar-refractivity contribution in [2.24, 2.45) is 5.10 Å². The molecule has 160 valence electrons. The number of terminal acetylenes is 1. The summed E-state index contributed by atoms with van der Waals surface area (Å²) < 4.78 is 13.5. The second-order valence-corrected chi connectivity index (χ2v) is 8.66. The number of nitrogens with zero attached hydrogens (tertiary/aromatic N) is 4. The fourth-order valence-corrected chi connectivity index (χ4v) is 5.00. The van der Waals surface area contributed by atoms with Gasteiger partial charge in [0.15, 0.2) is 0 Å². The first kappa shape index (κ1) is 21.5. The van der Waals surface area contributed by atoms with Gasteiger partial charge in [-0.25, -0.2) is 14.4 Å². The number of aromatic nitrogens is 2. The summed E-state index contributed by atoms with van der Waals surface area (Å²) in [6.45, 7) is 1.16. The predicted octanol–water partition coefficient (Wildman–Crippen LogP) is 4.39. The van der Waals surface area contributed by atoms with Crippen molar-refractivity contribution in [3.05, 3.63) is 45.8 Å². The molecular formula is C22H21ClFN5OS. The number of aliphatic hydroxyl groups excluding tert-OH is 1. The number of benzene rings is 1. The lowest BCUT2D eigenvalue weighted by Gasteiger charge is -2.21. The molecular weight excluding hydrogens is 437 g/mol. The highest BCUT2D eigenvalue weighted by Crippen LogP contribution is 2.38. The standard InChI is InChI=1S/C22H21ClFN5OS/c1-2-8-29(9-3-10-30)28-15-4-6-16-19(12-15)31-22-20(16)21(25-13-26-22)27-14-5-7-18(24)17(23)11-14/h1,5,7,11,13,30H,3-4,6,8-10,12H2,(H,25,26,27)/b28-15-. The minimum atomic E-state index is -0.461. The summed E-state index contributed by atoms with van der Waals surface area (Å²) in [6, 6.07) is 4.50. The van der Waals surface area contributed by atoms with E-state index in [9.17, 15) is 4.39 Å². The van der Waals surface area contributed by atoms with E-state index in [0.29, 0.717) is 31.0 Å². The molecule has 2 N–H and O–H groups in total. The van der Waals surface area contributed by atoms with Gasteiger partial charge in [-0.15, -0.1) is 17.8 Å². The second-order valence-electron chi connectivity index (χ2n) is 7.17. The van der Waals surface area contributed by atoms with E-state index in [0.717, 1.165) is 35.2 Å². The smallest absolute Gasteiger partial charge is 0.142 e. The van der Waals surface area contributed by atoms with E-state index in [-0.39, 0.29) is 11.6 Å². The van der Waals surface area contributed by atoms with Crippen molar-refractivity contribution >= 4 is 50.4 Å². The van der Waals surface area contributed by atoms with Crippen LogP contribution < -0.4 is 5.32 Å². The summed E-state index contributed by atoms with van der Waals surface area (Å²) in [6.07, 6.45) is 9.99. The molecule has 0 aliphatic heterocycles. The van der Waals surface area contributed by atoms with Crippen molar-refractivity contribution in [3.63, 3.8) is 0 Å². The molecule has 6 nitrogen and oxygen atoms in total. The second kappa shape index (κ2) is 9.60. The Hall–Kier alpha value is -2.73. The van der Waals surface area contributed by atoms with Crippen molar-refractivity contribution in [1.29, 1.82) is 0 Å². The van der Waals surface area contributed by atoms with E-state index in [2.05, 4.69) is 21.2 Å². The number of aryl methyl sites for hydroxylation is 1. The van der Waals surface area contributed by atoms with Gasteiger partial charge >= 0.3 is 0 Å². The molecule has 0 saturated heterocycles. The van der Waals surface area contributed by atoms with Gasteiger partial charge in [0.05, 0.1) is 17.0 Å². The molecule has 9 heteroatoms. The molecule has 2 aromatic heterocycles. The van der Waals surface area contributed by atoms with Crippen LogP contribution in [0.1, 0.15) is 23.3 Å². The van der Waals surface area contributed by atoms with E-state index in [1.807, 2.05) is 5.01 Å². The molecule has 0 fully saturated rings. The molecule has 1 aliphatic carbocycles. The summed E-state index contributed by atoms with van der Waals surface area (Å²) in [5.74, 6) is 2.85. The number of anilines is 2. The van der Waals surface area contributed by atoms with Gasteiger partial charge in [0.25, 0.3) is 0 Å². The third-order valence-electron chi connectivity index (χ3n) is 5.01. The SMILES string of the molecule is C#CCN(CCCO)/N=C1/CCc2c(sc3ncnc(Nc4ccc(F)c(Cl)c4)c23)C1. The van der Waals surface area contributed by atoms with Crippen LogP contribution in [0.2, 0.25) is 5.02 Å². The van der Waals surface area contributed by atoms with Crippen molar-refractivity contribution in [2.45, 2.75) is 25.7 Å². The molecule has 31 heavy (non-hydrogen) atoms. The van der Waals surface area contributed by atoms with E-state index >= 15 is 0 Å². The Morgan fingerprint density at radius 1 is 1.35 bits per heavy atom. The average molecular weight is 458 g/mol. The topological polar surface area (TPSA) is 73.6 Å². The fourth-order valence-electron chi connectivity index (χ4n) is 3.60. The molecule has 0 amide bonds. The molecule has 0 atom stereocenters. The quantitative estimate of drug-likeness (QED) is 0.406. The molecule has 0 saturated carbocycles. The lowest BCUT2D eigenvalue weighted by atomic mass is 9.95. The number of aliphatic hydroxyl groups is 1. The van der Waals surface area contributed by atoms with Crippen LogP contribution in [0.25, 0.3) is 10.2 Å². The molecule has 0 unspecified atom stereocenters. The minimum absolute atomic E-state index is 0.0567. The molecule has 1 aliphatic rings. The number of hydrazone groups is 1. The number of thiophene rings is 1. The van der Waals surface area contributed by atoms with Crippen LogP contribution in [0.4, 0.5) is 15.9 Å². The highest BCUT2D eigenvalue weighted by Gasteiger charge is 2.23. The van der Waals surface area contributed by atoms with Gasteiger partial charge in [-0.3, -0.25) is 5.01 Å². The Bertz CT molecular complexity index is 1170. The zero-order chi connectivity index (χ0) is 21.8. The molecule has 1 aromatic carbocycles. The van der Waals surface area contributed by atoms with Crippen molar-refractivity contribution in [2.75, 3.05) is 25.0 Å². The molecule has 4 rings (SSSR count). The highest BCUT2D eigenvalue weighted by molar-refractivity contribution is 7.19. The maximum absolute atomic E-state index is 13.5. The van der Waals surface area contributed by atoms with E-state index in [1.165, 1.54) is 22.8 Å². The van der Waals surface area contributed by atoms with Crippen LogP contribution in [0.3, 0.4) is 0 Å². The summed E-state index contributed by atoms with van der Waals surface area (Å²) in [7, 11) is 0. The van der Waals surface area contributed by atoms with Gasteiger partial charge in [-0.2, -0.15) is 5.10 Å². The first-order valence-corrected chi connectivity index (χ1v) is 11.1. The summed E-state index contributed by atoms with van der Waals surface area (Å²) >= 11 is 7.55.